The number of aromatic nitrogens is 1. The zero-order valence-electron chi connectivity index (χ0n) is 6.37. The van der Waals surface area contributed by atoms with Crippen LogP contribution in [0.1, 0.15) is 10.5 Å². The molecule has 1 N–H and O–H groups in total. The van der Waals surface area contributed by atoms with Crippen LogP contribution in [0.5, 0.6) is 5.75 Å². The Morgan fingerprint density at radius 1 is 1.73 bits per heavy atom. The van der Waals surface area contributed by atoms with Crippen molar-refractivity contribution in [3.8, 4) is 5.75 Å². The molecular formula is C7H9NO3. The Labute approximate surface area is 64.0 Å². The van der Waals surface area contributed by atoms with E-state index in [0.29, 0.717) is 5.75 Å². The third-order valence-electron chi connectivity index (χ3n) is 1.43. The van der Waals surface area contributed by atoms with Crippen molar-refractivity contribution in [3.63, 3.8) is 0 Å². The van der Waals surface area contributed by atoms with Gasteiger partial charge < -0.3 is 14.4 Å². The maximum absolute atomic E-state index is 10.5. The molecule has 1 aromatic rings. The first-order valence-electron chi connectivity index (χ1n) is 3.09. The lowest BCUT2D eigenvalue weighted by atomic mass is 10.4. The largest absolute Gasteiger partial charge is 0.495 e. The maximum Gasteiger partial charge on any atom is 0.352 e. The topological polar surface area (TPSA) is 51.5 Å². The summed E-state index contributed by atoms with van der Waals surface area (Å²) in [5, 5.41) is 8.60. The number of carboxylic acids is 1. The molecule has 0 aromatic carbocycles. The van der Waals surface area contributed by atoms with Gasteiger partial charge in [-0.1, -0.05) is 0 Å². The van der Waals surface area contributed by atoms with Crippen molar-refractivity contribution in [3.05, 3.63) is 18.0 Å². The van der Waals surface area contributed by atoms with E-state index in [2.05, 4.69) is 0 Å². The standard InChI is InChI=1S/C7H9NO3/c1-8-4-5(11-2)3-6(8)7(9)10/h3-4H,1-2H3,(H,9,10). The van der Waals surface area contributed by atoms with Gasteiger partial charge in [0.1, 0.15) is 11.4 Å². The molecule has 1 rings (SSSR count). The smallest absolute Gasteiger partial charge is 0.352 e. The summed E-state index contributed by atoms with van der Waals surface area (Å²) in [6, 6.07) is 1.47. The molecule has 0 unspecified atom stereocenters. The highest BCUT2D eigenvalue weighted by molar-refractivity contribution is 5.86. The van der Waals surface area contributed by atoms with E-state index in [1.165, 1.54) is 17.7 Å². The van der Waals surface area contributed by atoms with Crippen molar-refractivity contribution in [2.24, 2.45) is 7.05 Å². The molecular weight excluding hydrogens is 146 g/mol. The number of aromatic carboxylic acids is 1. The number of rotatable bonds is 2. The Morgan fingerprint density at radius 3 is 2.64 bits per heavy atom. The maximum atomic E-state index is 10.5. The summed E-state index contributed by atoms with van der Waals surface area (Å²) in [6.45, 7) is 0. The zero-order valence-corrected chi connectivity index (χ0v) is 6.37. The minimum Gasteiger partial charge on any atom is -0.495 e. The van der Waals surface area contributed by atoms with Crippen LogP contribution in [-0.4, -0.2) is 22.8 Å². The summed E-state index contributed by atoms with van der Waals surface area (Å²) >= 11 is 0. The van der Waals surface area contributed by atoms with Crippen molar-refractivity contribution >= 4 is 5.97 Å². The van der Waals surface area contributed by atoms with Crippen molar-refractivity contribution in [1.29, 1.82) is 0 Å². The van der Waals surface area contributed by atoms with Crippen LogP contribution in [0, 0.1) is 0 Å². The monoisotopic (exact) mass is 155 g/mol. The molecule has 0 spiro atoms. The minimum atomic E-state index is -0.948. The average molecular weight is 155 g/mol. The summed E-state index contributed by atoms with van der Waals surface area (Å²) in [5.41, 5.74) is 0.224. The predicted molar refractivity (Wildman–Crippen MR) is 38.9 cm³/mol. The second kappa shape index (κ2) is 2.65. The number of hydrogen-bond donors (Lipinski definition) is 1. The molecule has 1 heterocycles. The third kappa shape index (κ3) is 1.34. The molecule has 0 atom stereocenters. The van der Waals surface area contributed by atoms with Gasteiger partial charge >= 0.3 is 5.97 Å². The minimum absolute atomic E-state index is 0.224. The number of carboxylic acid groups (broad SMARTS) is 1. The molecule has 0 aliphatic carbocycles. The van der Waals surface area contributed by atoms with Crippen LogP contribution in [0.4, 0.5) is 0 Å². The van der Waals surface area contributed by atoms with Crippen LogP contribution in [0.2, 0.25) is 0 Å². The van der Waals surface area contributed by atoms with E-state index in [1.54, 1.807) is 13.2 Å². The fourth-order valence-electron chi connectivity index (χ4n) is 0.858. The fourth-order valence-corrected chi connectivity index (χ4v) is 0.858. The average Bonchev–Trinajstić information content (AvgIpc) is 2.30. The number of hydrogen-bond acceptors (Lipinski definition) is 2. The van der Waals surface area contributed by atoms with E-state index in [0.717, 1.165) is 0 Å². The summed E-state index contributed by atoms with van der Waals surface area (Å²) < 4.78 is 6.34. The molecule has 4 nitrogen and oxygen atoms in total. The van der Waals surface area contributed by atoms with Crippen molar-refractivity contribution < 1.29 is 14.6 Å². The number of nitrogens with zero attached hydrogens (tertiary/aromatic N) is 1. The first-order valence-corrected chi connectivity index (χ1v) is 3.09. The Bertz CT molecular complexity index is 277. The third-order valence-corrected chi connectivity index (χ3v) is 1.43. The number of aryl methyl sites for hydroxylation is 1. The van der Waals surface area contributed by atoms with Gasteiger partial charge in [-0.05, 0) is 0 Å². The molecule has 0 bridgehead atoms. The van der Waals surface area contributed by atoms with Crippen LogP contribution in [-0.2, 0) is 7.05 Å². The predicted octanol–water partition coefficient (Wildman–Crippen LogP) is 0.732. The van der Waals surface area contributed by atoms with Gasteiger partial charge in [-0.3, -0.25) is 0 Å². The fraction of sp³-hybridized carbons (Fsp3) is 0.286. The van der Waals surface area contributed by atoms with E-state index in [-0.39, 0.29) is 5.69 Å². The van der Waals surface area contributed by atoms with Gasteiger partial charge in [-0.15, -0.1) is 0 Å². The summed E-state index contributed by atoms with van der Waals surface area (Å²) in [4.78, 5) is 10.5. The second-order valence-electron chi connectivity index (χ2n) is 2.18. The van der Waals surface area contributed by atoms with Crippen molar-refractivity contribution in [1.82, 2.24) is 4.57 Å². The van der Waals surface area contributed by atoms with Gasteiger partial charge in [0.15, 0.2) is 0 Å². The van der Waals surface area contributed by atoms with Gasteiger partial charge in [0.25, 0.3) is 0 Å². The molecule has 0 aliphatic rings. The molecule has 1 aromatic heterocycles. The van der Waals surface area contributed by atoms with E-state index in [1.807, 2.05) is 0 Å². The van der Waals surface area contributed by atoms with E-state index >= 15 is 0 Å². The highest BCUT2D eigenvalue weighted by Crippen LogP contribution is 2.13. The lowest BCUT2D eigenvalue weighted by Gasteiger charge is -1.92. The summed E-state index contributed by atoms with van der Waals surface area (Å²) in [6.07, 6.45) is 1.61. The van der Waals surface area contributed by atoms with Crippen LogP contribution >= 0.6 is 0 Å². The summed E-state index contributed by atoms with van der Waals surface area (Å²) in [5.74, 6) is -0.388. The van der Waals surface area contributed by atoms with Crippen molar-refractivity contribution in [2.45, 2.75) is 0 Å². The molecule has 0 fully saturated rings. The Kier molecular flexibility index (Phi) is 1.85. The van der Waals surface area contributed by atoms with Crippen LogP contribution in [0.25, 0.3) is 0 Å². The molecule has 0 aliphatic heterocycles. The number of ether oxygens (including phenoxy) is 1. The lowest BCUT2D eigenvalue weighted by molar-refractivity contribution is 0.0686. The van der Waals surface area contributed by atoms with Gasteiger partial charge in [0.05, 0.1) is 7.11 Å². The van der Waals surface area contributed by atoms with Crippen LogP contribution in [0.3, 0.4) is 0 Å². The quantitative estimate of drug-likeness (QED) is 0.685. The number of methoxy groups -OCH3 is 1. The first-order chi connectivity index (χ1) is 5.15. The second-order valence-corrected chi connectivity index (χ2v) is 2.18. The Morgan fingerprint density at radius 2 is 2.36 bits per heavy atom. The molecule has 11 heavy (non-hydrogen) atoms. The highest BCUT2D eigenvalue weighted by Gasteiger charge is 2.09. The molecule has 0 amide bonds. The molecule has 0 saturated heterocycles. The van der Waals surface area contributed by atoms with E-state index < -0.39 is 5.97 Å². The Hall–Kier alpha value is -1.45. The lowest BCUT2D eigenvalue weighted by Crippen LogP contribution is -2.02. The van der Waals surface area contributed by atoms with Crippen molar-refractivity contribution in [2.75, 3.05) is 7.11 Å². The van der Waals surface area contributed by atoms with Crippen LogP contribution in [0.15, 0.2) is 12.3 Å². The zero-order chi connectivity index (χ0) is 8.43. The molecule has 0 saturated carbocycles. The van der Waals surface area contributed by atoms with Gasteiger partial charge in [-0.25, -0.2) is 4.79 Å². The van der Waals surface area contributed by atoms with E-state index in [4.69, 9.17) is 9.84 Å². The summed E-state index contributed by atoms with van der Waals surface area (Å²) in [7, 11) is 3.16. The first kappa shape index (κ1) is 7.65. The molecule has 0 radical (unpaired) electrons. The molecule has 60 valence electrons. The normalized spacial score (nSPS) is 9.64. The Balaban J connectivity index is 3.07. The molecule has 4 heteroatoms. The van der Waals surface area contributed by atoms with Gasteiger partial charge in [-0.2, -0.15) is 0 Å². The van der Waals surface area contributed by atoms with E-state index in [9.17, 15) is 4.79 Å². The van der Waals surface area contributed by atoms with Gasteiger partial charge in [0, 0.05) is 19.3 Å². The van der Waals surface area contributed by atoms with Gasteiger partial charge in [0.2, 0.25) is 0 Å². The highest BCUT2D eigenvalue weighted by atomic mass is 16.5. The SMILES string of the molecule is COc1cc(C(=O)O)n(C)c1. The van der Waals surface area contributed by atoms with Crippen LogP contribution < -0.4 is 4.74 Å². The number of carbonyl (C=O) groups is 1.